The molecule has 1 heterocycles. The summed E-state index contributed by atoms with van der Waals surface area (Å²) in [7, 11) is 0. The molecule has 0 aliphatic carbocycles. The highest BCUT2D eigenvalue weighted by atomic mass is 32.2. The van der Waals surface area contributed by atoms with Crippen LogP contribution in [0.2, 0.25) is 0 Å². The van der Waals surface area contributed by atoms with Gasteiger partial charge in [-0.25, -0.2) is 15.8 Å². The summed E-state index contributed by atoms with van der Waals surface area (Å²) in [4.78, 5) is 8.38. The predicted molar refractivity (Wildman–Crippen MR) is 60.2 cm³/mol. The Bertz CT molecular complexity index is 303. The molecule has 0 amide bonds. The molecule has 0 saturated heterocycles. The van der Waals surface area contributed by atoms with Crippen LogP contribution in [0.4, 0.5) is 5.95 Å². The second-order valence-electron chi connectivity index (χ2n) is 3.15. The molecule has 1 atom stereocenters. The number of nitrogens with zero attached hydrogens (tertiary/aromatic N) is 2. The van der Waals surface area contributed by atoms with Gasteiger partial charge in [-0.2, -0.15) is 0 Å². The fourth-order valence-corrected chi connectivity index (χ4v) is 1.91. The van der Waals surface area contributed by atoms with E-state index in [0.717, 1.165) is 17.1 Å². The molecule has 0 bridgehead atoms. The summed E-state index contributed by atoms with van der Waals surface area (Å²) >= 11 is 1.74. The largest absolute Gasteiger partial charge is 0.292 e. The molecular weight excluding hydrogens is 196 g/mol. The molecule has 0 aliphatic heterocycles. The van der Waals surface area contributed by atoms with Crippen LogP contribution < -0.4 is 11.3 Å². The molecule has 0 aromatic carbocycles. The lowest BCUT2D eigenvalue weighted by atomic mass is 10.4. The maximum absolute atomic E-state index is 5.27. The zero-order valence-corrected chi connectivity index (χ0v) is 9.56. The highest BCUT2D eigenvalue weighted by Crippen LogP contribution is 2.24. The Morgan fingerprint density at radius 2 is 2.29 bits per heavy atom. The molecule has 4 nitrogen and oxygen atoms in total. The lowest BCUT2D eigenvalue weighted by molar-refractivity contribution is 0.897. The average Bonchev–Trinajstić information content (AvgIpc) is 2.16. The van der Waals surface area contributed by atoms with Crippen LogP contribution in [0.25, 0.3) is 0 Å². The molecule has 1 unspecified atom stereocenters. The first kappa shape index (κ1) is 11.3. The molecule has 1 aromatic heterocycles. The highest BCUT2D eigenvalue weighted by molar-refractivity contribution is 7.99. The summed E-state index contributed by atoms with van der Waals surface area (Å²) in [6.07, 6.45) is 1.12. The van der Waals surface area contributed by atoms with Crippen LogP contribution in [0.15, 0.2) is 11.1 Å². The van der Waals surface area contributed by atoms with Crippen LogP contribution in [0, 0.1) is 6.92 Å². The minimum absolute atomic E-state index is 0.482. The first-order valence-electron chi connectivity index (χ1n) is 4.64. The normalized spacial score (nSPS) is 12.6. The van der Waals surface area contributed by atoms with Crippen LogP contribution in [-0.4, -0.2) is 15.2 Å². The number of hydrogen-bond acceptors (Lipinski definition) is 5. The van der Waals surface area contributed by atoms with Crippen LogP contribution in [0.1, 0.15) is 26.0 Å². The van der Waals surface area contributed by atoms with E-state index in [9.17, 15) is 0 Å². The highest BCUT2D eigenvalue weighted by Gasteiger charge is 2.05. The monoisotopic (exact) mass is 212 g/mol. The number of nitrogen functional groups attached to an aromatic ring is 1. The summed E-state index contributed by atoms with van der Waals surface area (Å²) in [5.74, 6) is 5.75. The minimum atomic E-state index is 0.482. The summed E-state index contributed by atoms with van der Waals surface area (Å²) in [5.41, 5.74) is 3.39. The number of nitrogens with two attached hydrogens (primary N) is 1. The summed E-state index contributed by atoms with van der Waals surface area (Å²) in [6.45, 7) is 6.27. The van der Waals surface area contributed by atoms with E-state index < -0.39 is 0 Å². The SMILES string of the molecule is CCC(C)Sc1cc(C)nc(NN)n1. The molecule has 3 N–H and O–H groups in total. The molecule has 0 fully saturated rings. The Hall–Kier alpha value is -0.810. The number of anilines is 1. The zero-order valence-electron chi connectivity index (χ0n) is 8.74. The molecule has 5 heteroatoms. The summed E-state index contributed by atoms with van der Waals surface area (Å²) in [5, 5.41) is 1.54. The number of aromatic nitrogens is 2. The molecule has 0 radical (unpaired) electrons. The molecule has 78 valence electrons. The number of hydrogen-bond donors (Lipinski definition) is 2. The van der Waals surface area contributed by atoms with Crippen LogP contribution in [0.3, 0.4) is 0 Å². The van der Waals surface area contributed by atoms with Gasteiger partial charge in [-0.15, -0.1) is 11.8 Å². The van der Waals surface area contributed by atoms with Crippen molar-refractivity contribution in [2.45, 2.75) is 37.5 Å². The molecule has 0 saturated carbocycles. The van der Waals surface area contributed by atoms with E-state index >= 15 is 0 Å². The van der Waals surface area contributed by atoms with Crippen molar-refractivity contribution in [2.24, 2.45) is 5.84 Å². The van der Waals surface area contributed by atoms with E-state index in [1.54, 1.807) is 11.8 Å². The minimum Gasteiger partial charge on any atom is -0.292 e. The van der Waals surface area contributed by atoms with E-state index in [-0.39, 0.29) is 0 Å². The Balaban J connectivity index is 2.81. The van der Waals surface area contributed by atoms with Crippen LogP contribution >= 0.6 is 11.8 Å². The number of hydrazine groups is 1. The van der Waals surface area contributed by atoms with Crippen molar-refractivity contribution >= 4 is 17.7 Å². The van der Waals surface area contributed by atoms with Gasteiger partial charge in [0.1, 0.15) is 5.03 Å². The Labute approximate surface area is 88.7 Å². The van der Waals surface area contributed by atoms with Gasteiger partial charge in [0, 0.05) is 10.9 Å². The van der Waals surface area contributed by atoms with Crippen molar-refractivity contribution < 1.29 is 0 Å². The van der Waals surface area contributed by atoms with Crippen molar-refractivity contribution in [1.82, 2.24) is 9.97 Å². The van der Waals surface area contributed by atoms with Crippen LogP contribution in [0.5, 0.6) is 0 Å². The Morgan fingerprint density at radius 1 is 1.57 bits per heavy atom. The van der Waals surface area contributed by atoms with Crippen molar-refractivity contribution in [2.75, 3.05) is 5.43 Å². The van der Waals surface area contributed by atoms with E-state index in [2.05, 4.69) is 29.2 Å². The fourth-order valence-electron chi connectivity index (χ4n) is 0.954. The van der Waals surface area contributed by atoms with Crippen molar-refractivity contribution in [3.63, 3.8) is 0 Å². The third-order valence-electron chi connectivity index (χ3n) is 1.86. The lowest BCUT2D eigenvalue weighted by Gasteiger charge is -2.08. The third kappa shape index (κ3) is 3.16. The standard InChI is InChI=1S/C9H16N4S/c1-4-7(3)14-8-5-6(2)11-9(12-8)13-10/h5,7H,4,10H2,1-3H3,(H,11,12,13). The second-order valence-corrected chi connectivity index (χ2v) is 4.61. The molecule has 1 aromatic rings. The average molecular weight is 212 g/mol. The van der Waals surface area contributed by atoms with Crippen molar-refractivity contribution in [3.8, 4) is 0 Å². The van der Waals surface area contributed by atoms with E-state index in [1.165, 1.54) is 0 Å². The van der Waals surface area contributed by atoms with Gasteiger partial charge in [-0.3, -0.25) is 5.43 Å². The second kappa shape index (κ2) is 5.17. The Morgan fingerprint density at radius 3 is 2.86 bits per heavy atom. The number of aryl methyl sites for hydroxylation is 1. The van der Waals surface area contributed by atoms with Gasteiger partial charge in [0.25, 0.3) is 0 Å². The number of thioether (sulfide) groups is 1. The smallest absolute Gasteiger partial charge is 0.238 e. The zero-order chi connectivity index (χ0) is 10.6. The fraction of sp³-hybridized carbons (Fsp3) is 0.556. The third-order valence-corrected chi connectivity index (χ3v) is 3.04. The summed E-state index contributed by atoms with van der Waals surface area (Å²) in [6, 6.07) is 1.97. The number of rotatable bonds is 4. The van der Waals surface area contributed by atoms with E-state index in [4.69, 9.17) is 5.84 Å². The number of nitrogens with one attached hydrogen (secondary N) is 1. The summed E-state index contributed by atoms with van der Waals surface area (Å²) < 4.78 is 0. The van der Waals surface area contributed by atoms with Crippen LogP contribution in [-0.2, 0) is 0 Å². The van der Waals surface area contributed by atoms with Gasteiger partial charge in [0.2, 0.25) is 5.95 Å². The Kier molecular flexibility index (Phi) is 4.16. The first-order valence-corrected chi connectivity index (χ1v) is 5.52. The van der Waals surface area contributed by atoms with Gasteiger partial charge in [0.15, 0.2) is 0 Å². The van der Waals surface area contributed by atoms with E-state index in [0.29, 0.717) is 11.2 Å². The molecular formula is C9H16N4S. The molecule has 1 rings (SSSR count). The maximum atomic E-state index is 5.27. The van der Waals surface area contributed by atoms with Gasteiger partial charge >= 0.3 is 0 Å². The molecule has 0 spiro atoms. The van der Waals surface area contributed by atoms with E-state index in [1.807, 2.05) is 13.0 Å². The molecule has 14 heavy (non-hydrogen) atoms. The van der Waals surface area contributed by atoms with Gasteiger partial charge in [0.05, 0.1) is 0 Å². The van der Waals surface area contributed by atoms with Gasteiger partial charge in [-0.1, -0.05) is 13.8 Å². The molecule has 0 aliphatic rings. The topological polar surface area (TPSA) is 63.8 Å². The van der Waals surface area contributed by atoms with Crippen molar-refractivity contribution in [3.05, 3.63) is 11.8 Å². The van der Waals surface area contributed by atoms with Gasteiger partial charge in [-0.05, 0) is 19.4 Å². The first-order chi connectivity index (χ1) is 6.65. The lowest BCUT2D eigenvalue weighted by Crippen LogP contribution is -2.11. The van der Waals surface area contributed by atoms with Crippen molar-refractivity contribution in [1.29, 1.82) is 0 Å². The maximum Gasteiger partial charge on any atom is 0.238 e. The quantitative estimate of drug-likeness (QED) is 0.346. The predicted octanol–water partition coefficient (Wildman–Crippen LogP) is 1.96. The van der Waals surface area contributed by atoms with Gasteiger partial charge < -0.3 is 0 Å².